The largest absolute Gasteiger partial charge is 0.465 e. The number of rotatable bonds is 4. The van der Waals surface area contributed by atoms with Crippen LogP contribution in [0.15, 0.2) is 53.4 Å². The Labute approximate surface area is 163 Å². The highest BCUT2D eigenvalue weighted by atomic mass is 32.2. The van der Waals surface area contributed by atoms with Crippen LogP contribution in [0.2, 0.25) is 0 Å². The smallest absolute Gasteiger partial charge is 0.339 e. The number of nitro benzene ring substituents is 1. The Morgan fingerprint density at radius 2 is 1.89 bits per heavy atom. The lowest BCUT2D eigenvalue weighted by Crippen LogP contribution is -2.29. The van der Waals surface area contributed by atoms with Gasteiger partial charge in [0.2, 0.25) is 0 Å². The minimum Gasteiger partial charge on any atom is -0.465 e. The number of methoxy groups -OCH3 is 1. The number of carbonyl (C=O) groups excluding carboxylic acids is 2. The Bertz CT molecular complexity index is 986. The molecule has 2 aromatic carbocycles. The first-order valence-corrected chi connectivity index (χ1v) is 8.84. The van der Waals surface area contributed by atoms with E-state index in [1.54, 1.807) is 42.5 Å². The number of nitrogens with zero attached hydrogens (tertiary/aromatic N) is 2. The average molecular weight is 400 g/mol. The molecule has 0 aliphatic carbocycles. The molecule has 27 heavy (non-hydrogen) atoms. The molecule has 0 aromatic heterocycles. The molecule has 1 saturated heterocycles. The summed E-state index contributed by atoms with van der Waals surface area (Å²) in [5.74, 6) is -0.946. The topological polar surface area (TPSA) is 89.8 Å². The summed E-state index contributed by atoms with van der Waals surface area (Å²) in [5, 5.41) is 10.7. The van der Waals surface area contributed by atoms with Gasteiger partial charge in [0.25, 0.3) is 11.6 Å². The third kappa shape index (κ3) is 3.74. The molecule has 1 heterocycles. The third-order valence-electron chi connectivity index (χ3n) is 3.75. The van der Waals surface area contributed by atoms with Crippen molar-refractivity contribution in [2.45, 2.75) is 0 Å². The van der Waals surface area contributed by atoms with Crippen molar-refractivity contribution in [1.82, 2.24) is 0 Å². The van der Waals surface area contributed by atoms with E-state index >= 15 is 0 Å². The summed E-state index contributed by atoms with van der Waals surface area (Å²) < 4.78 is 5.05. The molecule has 1 aliphatic heterocycles. The molecule has 136 valence electrons. The van der Waals surface area contributed by atoms with Crippen LogP contribution in [0.5, 0.6) is 0 Å². The van der Waals surface area contributed by atoms with Crippen LogP contribution >= 0.6 is 24.0 Å². The Balaban J connectivity index is 1.94. The molecule has 0 unspecified atom stereocenters. The van der Waals surface area contributed by atoms with E-state index < -0.39 is 10.9 Å². The molecule has 7 nitrogen and oxygen atoms in total. The Kier molecular flexibility index (Phi) is 5.33. The number of esters is 1. The zero-order valence-corrected chi connectivity index (χ0v) is 15.6. The van der Waals surface area contributed by atoms with Crippen molar-refractivity contribution >= 4 is 57.6 Å². The second-order valence-electron chi connectivity index (χ2n) is 5.37. The average Bonchev–Trinajstić information content (AvgIpc) is 2.94. The van der Waals surface area contributed by atoms with Crippen LogP contribution in [0.25, 0.3) is 6.08 Å². The molecule has 1 aliphatic rings. The minimum absolute atomic E-state index is 0.0355. The minimum atomic E-state index is -0.570. The highest BCUT2D eigenvalue weighted by Crippen LogP contribution is 2.37. The van der Waals surface area contributed by atoms with Gasteiger partial charge in [-0.1, -0.05) is 36.1 Å². The van der Waals surface area contributed by atoms with Gasteiger partial charge in [-0.25, -0.2) is 4.79 Å². The van der Waals surface area contributed by atoms with Crippen LogP contribution in [-0.2, 0) is 9.53 Å². The number of anilines is 1. The summed E-state index contributed by atoms with van der Waals surface area (Å²) in [4.78, 5) is 36.7. The first kappa shape index (κ1) is 18.7. The zero-order valence-electron chi connectivity index (χ0n) is 13.9. The van der Waals surface area contributed by atoms with Gasteiger partial charge < -0.3 is 4.74 Å². The quantitative estimate of drug-likeness (QED) is 0.254. The van der Waals surface area contributed by atoms with Gasteiger partial charge in [0.15, 0.2) is 4.32 Å². The standard InChI is InChI=1S/C18H12N2O5S2/c1-25-17(22)13-4-2-3-5-14(13)19-16(21)15(27-18(19)26)10-11-6-8-12(9-7-11)20(23)24/h2-10H,1H3/b15-10-. The van der Waals surface area contributed by atoms with Gasteiger partial charge in [-0.2, -0.15) is 0 Å². The van der Waals surface area contributed by atoms with Gasteiger partial charge >= 0.3 is 5.97 Å². The first-order chi connectivity index (χ1) is 12.9. The zero-order chi connectivity index (χ0) is 19.6. The van der Waals surface area contributed by atoms with Gasteiger partial charge in [0, 0.05) is 12.1 Å². The van der Waals surface area contributed by atoms with E-state index in [1.807, 2.05) is 0 Å². The molecular formula is C18H12N2O5S2. The molecule has 9 heteroatoms. The number of amides is 1. The monoisotopic (exact) mass is 400 g/mol. The first-order valence-electron chi connectivity index (χ1n) is 7.62. The van der Waals surface area contributed by atoms with Crippen LogP contribution in [0.3, 0.4) is 0 Å². The fraction of sp³-hybridized carbons (Fsp3) is 0.0556. The van der Waals surface area contributed by atoms with Gasteiger partial charge in [-0.15, -0.1) is 0 Å². The molecule has 0 atom stereocenters. The van der Waals surface area contributed by atoms with Crippen LogP contribution < -0.4 is 4.90 Å². The Hall–Kier alpha value is -3.04. The number of nitro groups is 1. The maximum Gasteiger partial charge on any atom is 0.339 e. The number of thioether (sulfide) groups is 1. The summed E-state index contributed by atoms with van der Waals surface area (Å²) in [7, 11) is 1.26. The highest BCUT2D eigenvalue weighted by molar-refractivity contribution is 8.27. The van der Waals surface area contributed by atoms with Crippen molar-refractivity contribution in [3.05, 3.63) is 74.7 Å². The van der Waals surface area contributed by atoms with E-state index in [4.69, 9.17) is 17.0 Å². The summed E-state index contributed by atoms with van der Waals surface area (Å²) in [5.41, 5.74) is 1.17. The Morgan fingerprint density at radius 1 is 1.22 bits per heavy atom. The van der Waals surface area contributed by atoms with Crippen molar-refractivity contribution in [2.24, 2.45) is 0 Å². The normalized spacial score (nSPS) is 15.3. The maximum absolute atomic E-state index is 12.8. The number of non-ortho nitro benzene ring substituents is 1. The maximum atomic E-state index is 12.8. The van der Waals surface area contributed by atoms with Crippen molar-refractivity contribution in [3.63, 3.8) is 0 Å². The van der Waals surface area contributed by atoms with E-state index in [1.165, 1.54) is 24.1 Å². The molecule has 1 amide bonds. The van der Waals surface area contributed by atoms with Gasteiger partial charge in [0.1, 0.15) is 0 Å². The van der Waals surface area contributed by atoms with Gasteiger partial charge in [-0.05, 0) is 35.9 Å². The van der Waals surface area contributed by atoms with Crippen LogP contribution in [-0.4, -0.2) is 28.2 Å². The lowest BCUT2D eigenvalue weighted by atomic mass is 10.1. The molecule has 0 radical (unpaired) electrons. The second kappa shape index (κ2) is 7.68. The number of para-hydroxylation sites is 1. The predicted molar refractivity (Wildman–Crippen MR) is 107 cm³/mol. The Morgan fingerprint density at radius 3 is 2.52 bits per heavy atom. The fourth-order valence-electron chi connectivity index (χ4n) is 2.47. The molecule has 1 fully saturated rings. The van der Waals surface area contributed by atoms with E-state index in [0.717, 1.165) is 11.8 Å². The van der Waals surface area contributed by atoms with E-state index in [0.29, 0.717) is 16.2 Å². The molecule has 3 rings (SSSR count). The molecule has 0 spiro atoms. The van der Waals surface area contributed by atoms with Crippen molar-refractivity contribution in [1.29, 1.82) is 0 Å². The van der Waals surface area contributed by atoms with Gasteiger partial charge in [0.05, 0.1) is 28.2 Å². The third-order valence-corrected chi connectivity index (χ3v) is 5.05. The summed E-state index contributed by atoms with van der Waals surface area (Å²) in [6.45, 7) is 0. The van der Waals surface area contributed by atoms with E-state index in [2.05, 4.69) is 0 Å². The number of benzene rings is 2. The number of carbonyl (C=O) groups is 2. The van der Waals surface area contributed by atoms with E-state index in [9.17, 15) is 19.7 Å². The fourth-order valence-corrected chi connectivity index (χ4v) is 3.76. The predicted octanol–water partition coefficient (Wildman–Crippen LogP) is 3.79. The number of hydrogen-bond donors (Lipinski definition) is 0. The number of ether oxygens (including phenoxy) is 1. The van der Waals surface area contributed by atoms with Crippen molar-refractivity contribution in [3.8, 4) is 0 Å². The van der Waals surface area contributed by atoms with Crippen LogP contribution in [0.4, 0.5) is 11.4 Å². The van der Waals surface area contributed by atoms with Crippen molar-refractivity contribution in [2.75, 3.05) is 12.0 Å². The molecule has 2 aromatic rings. The second-order valence-corrected chi connectivity index (χ2v) is 7.05. The van der Waals surface area contributed by atoms with Crippen LogP contribution in [0.1, 0.15) is 15.9 Å². The lowest BCUT2D eigenvalue weighted by Gasteiger charge is -2.17. The lowest BCUT2D eigenvalue weighted by molar-refractivity contribution is -0.384. The number of thiocarbonyl (C=S) groups is 1. The molecular weight excluding hydrogens is 388 g/mol. The summed E-state index contributed by atoms with van der Waals surface area (Å²) in [6.07, 6.45) is 1.60. The molecule has 0 N–H and O–H groups in total. The SMILES string of the molecule is COC(=O)c1ccccc1N1C(=O)/C(=C/c2ccc([N+](=O)[O-])cc2)SC1=S. The molecule has 0 bridgehead atoms. The number of hydrogen-bond acceptors (Lipinski definition) is 7. The van der Waals surface area contributed by atoms with E-state index in [-0.39, 0.29) is 21.5 Å². The van der Waals surface area contributed by atoms with Gasteiger partial charge in [-0.3, -0.25) is 19.8 Å². The molecule has 0 saturated carbocycles. The van der Waals surface area contributed by atoms with Crippen LogP contribution in [0, 0.1) is 10.1 Å². The highest BCUT2D eigenvalue weighted by Gasteiger charge is 2.35. The van der Waals surface area contributed by atoms with Crippen molar-refractivity contribution < 1.29 is 19.2 Å². The summed E-state index contributed by atoms with van der Waals surface area (Å²) >= 11 is 6.41. The summed E-state index contributed by atoms with van der Waals surface area (Å²) in [6, 6.07) is 12.4.